The van der Waals surface area contributed by atoms with E-state index in [9.17, 15) is 19.5 Å². The van der Waals surface area contributed by atoms with Gasteiger partial charge in [0.15, 0.2) is 41.7 Å². The first kappa shape index (κ1) is 20.4. The molecule has 0 spiro atoms. The van der Waals surface area contributed by atoms with Crippen molar-refractivity contribution in [1.82, 2.24) is 0 Å². The van der Waals surface area contributed by atoms with E-state index in [2.05, 4.69) is 0 Å². The largest absolute Gasteiger partial charge is 0.512 e. The summed E-state index contributed by atoms with van der Waals surface area (Å²) in [5.74, 6) is -0.925. The molecule has 2 aliphatic rings. The highest BCUT2D eigenvalue weighted by molar-refractivity contribution is 6.19. The molecule has 1 saturated carbocycles. The molecule has 0 atom stereocenters. The first-order valence-corrected chi connectivity index (χ1v) is 9.84. The maximum absolute atomic E-state index is 13.4. The fraction of sp³-hybridized carbons (Fsp3) is 0.565. The summed E-state index contributed by atoms with van der Waals surface area (Å²) >= 11 is 0. The topological polar surface area (TPSA) is 75.3 Å². The Morgan fingerprint density at radius 3 is 1.89 bits per heavy atom. The van der Waals surface area contributed by atoms with E-state index in [0.717, 1.165) is 5.56 Å². The van der Waals surface area contributed by atoms with Crippen LogP contribution in [0.3, 0.4) is 0 Å². The van der Waals surface area contributed by atoms with E-state index in [4.69, 9.17) is 0 Å². The van der Waals surface area contributed by atoms with E-state index >= 15 is 0 Å². The van der Waals surface area contributed by atoms with Crippen LogP contribution in [0.15, 0.2) is 35.9 Å². The van der Waals surface area contributed by atoms with E-state index < -0.39 is 10.8 Å². The SMILES string of the molecule is Cc1cc[n+](CC2(C3=C(O)CC(C)(C)CC3=O)C(=O)CC(C)(C)CC2=O)cc1. The third-order valence-corrected chi connectivity index (χ3v) is 5.99. The molecule has 1 heterocycles. The van der Waals surface area contributed by atoms with Gasteiger partial charge in [-0.15, -0.1) is 0 Å². The van der Waals surface area contributed by atoms with Crippen molar-refractivity contribution in [2.75, 3.05) is 0 Å². The van der Waals surface area contributed by atoms with Crippen molar-refractivity contribution in [1.29, 1.82) is 0 Å². The Morgan fingerprint density at radius 2 is 1.39 bits per heavy atom. The molecule has 0 bridgehead atoms. The number of nitrogens with zero attached hydrogens (tertiary/aromatic N) is 1. The fourth-order valence-corrected chi connectivity index (χ4v) is 4.61. The number of hydrogen-bond donors (Lipinski definition) is 1. The van der Waals surface area contributed by atoms with Gasteiger partial charge >= 0.3 is 0 Å². The van der Waals surface area contributed by atoms with Crippen molar-refractivity contribution in [3.8, 4) is 0 Å². The van der Waals surface area contributed by atoms with E-state index in [1.807, 2.05) is 59.1 Å². The number of Topliss-reactive ketones (excluding diaryl/α,β-unsaturated/α-hetero) is 3. The molecule has 150 valence electrons. The standard InChI is InChI=1S/C23H29NO4/c1-15-6-8-24(9-7-15)14-23(18(27)12-22(4,5)13-19(23)28)20-16(25)10-21(2,3)11-17(20)26/h6-9H,10-14H2,1-5H3/p+1. The van der Waals surface area contributed by atoms with Crippen LogP contribution in [-0.4, -0.2) is 22.5 Å². The average molecular weight is 384 g/mol. The molecule has 0 saturated heterocycles. The van der Waals surface area contributed by atoms with Crippen LogP contribution in [0.25, 0.3) is 0 Å². The number of pyridine rings is 1. The number of aryl methyl sites for hydroxylation is 1. The molecule has 1 fully saturated rings. The van der Waals surface area contributed by atoms with Crippen molar-refractivity contribution in [3.05, 3.63) is 41.4 Å². The Kier molecular flexibility index (Phi) is 4.85. The summed E-state index contributed by atoms with van der Waals surface area (Å²) in [6.45, 7) is 9.62. The molecule has 0 aromatic carbocycles. The maximum Gasteiger partial charge on any atom is 0.177 e. The van der Waals surface area contributed by atoms with Gasteiger partial charge in [-0.25, -0.2) is 4.57 Å². The van der Waals surface area contributed by atoms with Crippen molar-refractivity contribution >= 4 is 17.3 Å². The summed E-state index contributed by atoms with van der Waals surface area (Å²) in [5, 5.41) is 10.8. The molecule has 0 aliphatic heterocycles. The number of carbonyl (C=O) groups excluding carboxylic acids is 3. The van der Waals surface area contributed by atoms with Crippen molar-refractivity contribution in [2.45, 2.75) is 66.8 Å². The van der Waals surface area contributed by atoms with Crippen LogP contribution in [0.1, 0.15) is 58.9 Å². The Morgan fingerprint density at radius 1 is 0.893 bits per heavy atom. The lowest BCUT2D eigenvalue weighted by atomic mass is 9.57. The quantitative estimate of drug-likeness (QED) is 0.640. The fourth-order valence-electron chi connectivity index (χ4n) is 4.61. The van der Waals surface area contributed by atoms with E-state index in [-0.39, 0.29) is 59.9 Å². The van der Waals surface area contributed by atoms with Gasteiger partial charge in [0.2, 0.25) is 0 Å². The van der Waals surface area contributed by atoms with Crippen LogP contribution in [-0.2, 0) is 20.9 Å². The summed E-state index contributed by atoms with van der Waals surface area (Å²) in [7, 11) is 0. The van der Waals surface area contributed by atoms with Crippen LogP contribution in [0.5, 0.6) is 0 Å². The third-order valence-electron chi connectivity index (χ3n) is 5.99. The van der Waals surface area contributed by atoms with Gasteiger partial charge in [-0.2, -0.15) is 0 Å². The third kappa shape index (κ3) is 3.54. The molecule has 2 aliphatic carbocycles. The van der Waals surface area contributed by atoms with Gasteiger partial charge in [-0.1, -0.05) is 27.7 Å². The summed E-state index contributed by atoms with van der Waals surface area (Å²) < 4.78 is 1.77. The highest BCUT2D eigenvalue weighted by Crippen LogP contribution is 2.49. The molecule has 0 amide bonds. The summed E-state index contributed by atoms with van der Waals surface area (Å²) in [6.07, 6.45) is 4.55. The Balaban J connectivity index is 2.18. The van der Waals surface area contributed by atoms with Gasteiger partial charge in [-0.05, 0) is 23.3 Å². The predicted octanol–water partition coefficient (Wildman–Crippen LogP) is 3.43. The van der Waals surface area contributed by atoms with Gasteiger partial charge in [0.05, 0.1) is 5.57 Å². The van der Waals surface area contributed by atoms with Crippen molar-refractivity contribution in [2.24, 2.45) is 16.2 Å². The molecular weight excluding hydrogens is 354 g/mol. The zero-order chi connectivity index (χ0) is 20.9. The minimum atomic E-state index is -1.60. The Hall–Kier alpha value is -2.30. The summed E-state index contributed by atoms with van der Waals surface area (Å²) in [4.78, 5) is 40.0. The van der Waals surface area contributed by atoms with Gasteiger partial charge in [0.25, 0.3) is 0 Å². The molecule has 28 heavy (non-hydrogen) atoms. The summed E-state index contributed by atoms with van der Waals surface area (Å²) in [6, 6.07) is 3.80. The molecule has 5 nitrogen and oxygen atoms in total. The molecule has 0 unspecified atom stereocenters. The second kappa shape index (κ2) is 6.64. The van der Waals surface area contributed by atoms with Gasteiger partial charge in [-0.3, -0.25) is 14.4 Å². The molecule has 1 aromatic rings. The maximum atomic E-state index is 13.4. The normalized spacial score (nSPS) is 23.8. The highest BCUT2D eigenvalue weighted by atomic mass is 16.3. The Labute approximate surface area is 166 Å². The molecule has 1 aromatic heterocycles. The lowest BCUT2D eigenvalue weighted by Crippen LogP contribution is -2.58. The van der Waals surface area contributed by atoms with E-state index in [0.29, 0.717) is 6.42 Å². The molecule has 5 heteroatoms. The number of hydrogen-bond acceptors (Lipinski definition) is 4. The number of carbonyl (C=O) groups is 3. The lowest BCUT2D eigenvalue weighted by molar-refractivity contribution is -0.703. The van der Waals surface area contributed by atoms with Crippen molar-refractivity contribution < 1.29 is 24.1 Å². The molecule has 3 rings (SSSR count). The monoisotopic (exact) mass is 384 g/mol. The van der Waals surface area contributed by atoms with Crippen LogP contribution < -0.4 is 4.57 Å². The number of rotatable bonds is 3. The number of aliphatic hydroxyl groups is 1. The van der Waals surface area contributed by atoms with Gasteiger partial charge in [0.1, 0.15) is 5.76 Å². The predicted molar refractivity (Wildman–Crippen MR) is 105 cm³/mol. The first-order valence-electron chi connectivity index (χ1n) is 9.84. The minimum Gasteiger partial charge on any atom is -0.512 e. The van der Waals surface area contributed by atoms with Crippen LogP contribution in [0.2, 0.25) is 0 Å². The van der Waals surface area contributed by atoms with Crippen molar-refractivity contribution in [3.63, 3.8) is 0 Å². The Bertz CT molecular complexity index is 854. The smallest absolute Gasteiger partial charge is 0.177 e. The van der Waals surface area contributed by atoms with Crippen LogP contribution in [0, 0.1) is 23.2 Å². The van der Waals surface area contributed by atoms with Crippen LogP contribution >= 0.6 is 0 Å². The van der Waals surface area contributed by atoms with Gasteiger partial charge < -0.3 is 5.11 Å². The number of aliphatic hydroxyl groups excluding tert-OH is 1. The first-order chi connectivity index (χ1) is 12.9. The molecule has 0 radical (unpaired) electrons. The summed E-state index contributed by atoms with van der Waals surface area (Å²) in [5.41, 5.74) is -1.34. The second-order valence-electron chi connectivity index (χ2n) is 10.1. The zero-order valence-electron chi connectivity index (χ0n) is 17.5. The number of allylic oxidation sites excluding steroid dienone is 2. The minimum absolute atomic E-state index is 0.0328. The molecular formula is C23H30NO4+. The average Bonchev–Trinajstić information content (AvgIpc) is 2.51. The zero-order valence-corrected chi connectivity index (χ0v) is 17.5. The van der Waals surface area contributed by atoms with Crippen LogP contribution in [0.4, 0.5) is 0 Å². The van der Waals surface area contributed by atoms with E-state index in [1.165, 1.54) is 0 Å². The number of aromatic nitrogens is 1. The van der Waals surface area contributed by atoms with E-state index in [1.54, 1.807) is 4.57 Å². The van der Waals surface area contributed by atoms with Gasteiger partial charge in [0, 0.05) is 37.8 Å². The lowest BCUT2D eigenvalue weighted by Gasteiger charge is -2.42. The molecule has 1 N–H and O–H groups in total. The second-order valence-corrected chi connectivity index (χ2v) is 10.1. The highest BCUT2D eigenvalue weighted by Gasteiger charge is 2.60. The number of ketones is 3.